The molecule has 3 rings (SSSR count). The maximum Gasteiger partial charge on any atom is 0.256 e. The first-order valence-electron chi connectivity index (χ1n) is 5.97. The van der Waals surface area contributed by atoms with E-state index in [0.717, 1.165) is 25.5 Å². The Morgan fingerprint density at radius 1 is 1.10 bits per heavy atom. The second-order valence-corrected chi connectivity index (χ2v) is 6.09. The van der Waals surface area contributed by atoms with Crippen molar-refractivity contribution in [2.24, 2.45) is 0 Å². The van der Waals surface area contributed by atoms with E-state index in [9.17, 15) is 4.79 Å². The molecule has 20 heavy (non-hydrogen) atoms. The third-order valence-corrected chi connectivity index (χ3v) is 4.17. The number of hydrogen-bond donors (Lipinski definition) is 2. The van der Waals surface area contributed by atoms with Gasteiger partial charge in [0.05, 0.1) is 5.69 Å². The van der Waals surface area contributed by atoms with Gasteiger partial charge in [0, 0.05) is 31.6 Å². The fourth-order valence-electron chi connectivity index (χ4n) is 2.06. The van der Waals surface area contributed by atoms with Crippen molar-refractivity contribution in [1.29, 1.82) is 0 Å². The lowest BCUT2D eigenvalue weighted by Gasteiger charge is -2.08. The number of amides is 1. The van der Waals surface area contributed by atoms with Crippen molar-refractivity contribution in [2.75, 3.05) is 5.32 Å². The second kappa shape index (κ2) is 5.42. The van der Waals surface area contributed by atoms with Gasteiger partial charge in [-0.1, -0.05) is 22.0 Å². The van der Waals surface area contributed by atoms with E-state index in [1.807, 2.05) is 48.7 Å². The normalized spacial score (nSPS) is 10.7. The summed E-state index contributed by atoms with van der Waals surface area (Å²) in [6.07, 6.45) is 1.83. The van der Waals surface area contributed by atoms with Gasteiger partial charge in [0.15, 0.2) is 0 Å². The molecule has 1 amide bonds. The van der Waals surface area contributed by atoms with Crippen molar-refractivity contribution in [1.82, 2.24) is 4.98 Å². The molecule has 0 unspecified atom stereocenters. The number of hydrogen-bond acceptors (Lipinski definition) is 1. The molecular formula is C15H10Br2N2O. The number of anilines is 1. The SMILES string of the molecule is O=C(Nc1ccc(Br)cc1Br)c1cccc2[nH]ccc12. The zero-order chi connectivity index (χ0) is 14.1. The highest BCUT2D eigenvalue weighted by Gasteiger charge is 2.12. The molecule has 0 radical (unpaired) electrons. The van der Waals surface area contributed by atoms with Crippen LogP contribution in [0.3, 0.4) is 0 Å². The largest absolute Gasteiger partial charge is 0.361 e. The Kier molecular flexibility index (Phi) is 3.63. The highest BCUT2D eigenvalue weighted by Crippen LogP contribution is 2.27. The molecule has 0 spiro atoms. The lowest BCUT2D eigenvalue weighted by molar-refractivity contribution is 0.102. The third-order valence-electron chi connectivity index (χ3n) is 3.02. The smallest absolute Gasteiger partial charge is 0.256 e. The fourth-order valence-corrected chi connectivity index (χ4v) is 3.21. The van der Waals surface area contributed by atoms with Crippen molar-refractivity contribution in [3.63, 3.8) is 0 Å². The number of rotatable bonds is 2. The molecule has 100 valence electrons. The van der Waals surface area contributed by atoms with Gasteiger partial charge in [-0.15, -0.1) is 0 Å². The van der Waals surface area contributed by atoms with Gasteiger partial charge in [0.2, 0.25) is 0 Å². The average Bonchev–Trinajstić information content (AvgIpc) is 2.90. The van der Waals surface area contributed by atoms with Gasteiger partial charge in [0.25, 0.3) is 5.91 Å². The van der Waals surface area contributed by atoms with Crippen molar-refractivity contribution < 1.29 is 4.79 Å². The number of carbonyl (C=O) groups is 1. The number of aromatic nitrogens is 1. The molecule has 0 aliphatic rings. The summed E-state index contributed by atoms with van der Waals surface area (Å²) in [6.45, 7) is 0. The molecule has 1 heterocycles. The van der Waals surface area contributed by atoms with E-state index in [-0.39, 0.29) is 5.91 Å². The van der Waals surface area contributed by atoms with Crippen molar-refractivity contribution in [3.8, 4) is 0 Å². The van der Waals surface area contributed by atoms with Gasteiger partial charge >= 0.3 is 0 Å². The van der Waals surface area contributed by atoms with Gasteiger partial charge in [-0.25, -0.2) is 0 Å². The lowest BCUT2D eigenvalue weighted by Crippen LogP contribution is -2.12. The van der Waals surface area contributed by atoms with E-state index in [0.29, 0.717) is 5.56 Å². The van der Waals surface area contributed by atoms with Crippen LogP contribution in [0, 0.1) is 0 Å². The first kappa shape index (κ1) is 13.4. The first-order chi connectivity index (χ1) is 9.65. The zero-order valence-electron chi connectivity index (χ0n) is 10.3. The predicted octanol–water partition coefficient (Wildman–Crippen LogP) is 4.95. The van der Waals surface area contributed by atoms with Crippen LogP contribution in [-0.2, 0) is 0 Å². The number of halogens is 2. The van der Waals surface area contributed by atoms with Crippen LogP contribution in [0.1, 0.15) is 10.4 Å². The molecule has 3 nitrogen and oxygen atoms in total. The standard InChI is InChI=1S/C15H10Br2N2O/c16-9-4-5-14(12(17)8-9)19-15(20)11-2-1-3-13-10(11)6-7-18-13/h1-8,18H,(H,19,20). The van der Waals surface area contributed by atoms with Crippen molar-refractivity contribution in [2.45, 2.75) is 0 Å². The van der Waals surface area contributed by atoms with Crippen LogP contribution in [0.25, 0.3) is 10.9 Å². The Hall–Kier alpha value is -1.59. The van der Waals surface area contributed by atoms with E-state index in [1.165, 1.54) is 0 Å². The van der Waals surface area contributed by atoms with Crippen LogP contribution in [0.4, 0.5) is 5.69 Å². The summed E-state index contributed by atoms with van der Waals surface area (Å²) in [6, 6.07) is 13.2. The maximum absolute atomic E-state index is 12.4. The number of benzene rings is 2. The number of H-pyrrole nitrogens is 1. The van der Waals surface area contributed by atoms with Crippen molar-refractivity contribution in [3.05, 3.63) is 63.2 Å². The summed E-state index contributed by atoms with van der Waals surface area (Å²) in [4.78, 5) is 15.5. The highest BCUT2D eigenvalue weighted by atomic mass is 79.9. The van der Waals surface area contributed by atoms with Crippen molar-refractivity contribution >= 4 is 54.4 Å². The Morgan fingerprint density at radius 3 is 2.75 bits per heavy atom. The van der Waals surface area contributed by atoms with Crippen LogP contribution < -0.4 is 5.32 Å². The molecular weight excluding hydrogens is 384 g/mol. The molecule has 1 aromatic heterocycles. The molecule has 0 aliphatic heterocycles. The summed E-state index contributed by atoms with van der Waals surface area (Å²) in [5.41, 5.74) is 2.34. The number of fused-ring (bicyclic) bond motifs is 1. The molecule has 0 atom stereocenters. The number of nitrogens with one attached hydrogen (secondary N) is 2. The van der Waals surface area contributed by atoms with Gasteiger partial charge in [0.1, 0.15) is 0 Å². The van der Waals surface area contributed by atoms with E-state index >= 15 is 0 Å². The Labute approximate surface area is 132 Å². The maximum atomic E-state index is 12.4. The van der Waals surface area contributed by atoms with Gasteiger partial charge in [-0.3, -0.25) is 4.79 Å². The highest BCUT2D eigenvalue weighted by molar-refractivity contribution is 9.11. The topological polar surface area (TPSA) is 44.9 Å². The van der Waals surface area contributed by atoms with E-state index in [2.05, 4.69) is 42.2 Å². The van der Waals surface area contributed by atoms with E-state index in [1.54, 1.807) is 0 Å². The van der Waals surface area contributed by atoms with Gasteiger partial charge < -0.3 is 10.3 Å². The molecule has 0 saturated heterocycles. The fraction of sp³-hybridized carbons (Fsp3) is 0. The molecule has 5 heteroatoms. The molecule has 0 bridgehead atoms. The van der Waals surface area contributed by atoms with Crippen LogP contribution >= 0.6 is 31.9 Å². The minimum atomic E-state index is -0.127. The molecule has 3 aromatic rings. The van der Waals surface area contributed by atoms with Crippen LogP contribution in [0.5, 0.6) is 0 Å². The monoisotopic (exact) mass is 392 g/mol. The third kappa shape index (κ3) is 2.51. The number of aromatic amines is 1. The lowest BCUT2D eigenvalue weighted by atomic mass is 10.1. The summed E-state index contributed by atoms with van der Waals surface area (Å²) < 4.78 is 1.79. The molecule has 0 fully saturated rings. The van der Waals surface area contributed by atoms with Crippen LogP contribution in [-0.4, -0.2) is 10.9 Å². The van der Waals surface area contributed by atoms with Crippen LogP contribution in [0.2, 0.25) is 0 Å². The summed E-state index contributed by atoms with van der Waals surface area (Å²) in [7, 11) is 0. The van der Waals surface area contributed by atoms with Gasteiger partial charge in [-0.2, -0.15) is 0 Å². The summed E-state index contributed by atoms with van der Waals surface area (Å²) >= 11 is 6.83. The average molecular weight is 394 g/mol. The zero-order valence-corrected chi connectivity index (χ0v) is 13.5. The minimum Gasteiger partial charge on any atom is -0.361 e. The molecule has 2 aromatic carbocycles. The molecule has 2 N–H and O–H groups in total. The summed E-state index contributed by atoms with van der Waals surface area (Å²) in [5.74, 6) is -0.127. The number of carbonyl (C=O) groups excluding carboxylic acids is 1. The van der Waals surface area contributed by atoms with E-state index in [4.69, 9.17) is 0 Å². The van der Waals surface area contributed by atoms with E-state index < -0.39 is 0 Å². The Bertz CT molecular complexity index is 795. The minimum absolute atomic E-state index is 0.127. The van der Waals surface area contributed by atoms with Gasteiger partial charge in [-0.05, 0) is 52.3 Å². The second-order valence-electron chi connectivity index (χ2n) is 4.32. The Balaban J connectivity index is 1.95. The first-order valence-corrected chi connectivity index (χ1v) is 7.56. The molecule has 0 aliphatic carbocycles. The molecule has 0 saturated carbocycles. The quantitative estimate of drug-likeness (QED) is 0.635. The van der Waals surface area contributed by atoms with Crippen LogP contribution in [0.15, 0.2) is 57.6 Å². The Morgan fingerprint density at radius 2 is 1.95 bits per heavy atom. The summed E-state index contributed by atoms with van der Waals surface area (Å²) in [5, 5.41) is 3.83. The predicted molar refractivity (Wildman–Crippen MR) is 88.1 cm³/mol.